The molecule has 2 aliphatic rings. The third-order valence-corrected chi connectivity index (χ3v) is 6.06. The zero-order valence-electron chi connectivity index (χ0n) is 16.3. The molecule has 3 nitrogen and oxygen atoms in total. The van der Waals surface area contributed by atoms with Gasteiger partial charge in [-0.1, -0.05) is 20.8 Å². The van der Waals surface area contributed by atoms with E-state index in [1.807, 2.05) is 0 Å². The fraction of sp³-hybridized carbons (Fsp3) is 0.950. The lowest BCUT2D eigenvalue weighted by molar-refractivity contribution is -0.137. The largest absolute Gasteiger partial charge is 0.341 e. The summed E-state index contributed by atoms with van der Waals surface area (Å²) in [6.45, 7) is 17.9. The number of hydrogen-bond donors (Lipinski definition) is 0. The second-order valence-corrected chi connectivity index (χ2v) is 9.75. The van der Waals surface area contributed by atoms with E-state index in [0.717, 1.165) is 51.4 Å². The predicted molar refractivity (Wildman–Crippen MR) is 97.4 cm³/mol. The van der Waals surface area contributed by atoms with Crippen LogP contribution in [0.25, 0.3) is 0 Å². The SMILES string of the molecule is CC(C)(C)C1CCC(C(=O)N2CCCN(C(C)(C)C)CC2)CC1. The Morgan fingerprint density at radius 3 is 1.96 bits per heavy atom. The van der Waals surface area contributed by atoms with E-state index in [2.05, 4.69) is 51.3 Å². The van der Waals surface area contributed by atoms with E-state index in [1.54, 1.807) is 0 Å². The summed E-state index contributed by atoms with van der Waals surface area (Å²) < 4.78 is 0. The van der Waals surface area contributed by atoms with E-state index >= 15 is 0 Å². The number of carbonyl (C=O) groups is 1. The lowest BCUT2D eigenvalue weighted by Crippen LogP contribution is -2.45. The van der Waals surface area contributed by atoms with Crippen molar-refractivity contribution in [2.45, 2.75) is 79.2 Å². The molecule has 0 aromatic rings. The van der Waals surface area contributed by atoms with Crippen LogP contribution >= 0.6 is 0 Å². The highest BCUT2D eigenvalue weighted by Crippen LogP contribution is 2.40. The van der Waals surface area contributed by atoms with Crippen LogP contribution in [-0.2, 0) is 4.79 Å². The third-order valence-electron chi connectivity index (χ3n) is 6.06. The molecule has 0 N–H and O–H groups in total. The van der Waals surface area contributed by atoms with Crippen molar-refractivity contribution in [2.75, 3.05) is 26.2 Å². The minimum atomic E-state index is 0.212. The van der Waals surface area contributed by atoms with Gasteiger partial charge in [-0.05, 0) is 64.2 Å². The Morgan fingerprint density at radius 1 is 0.826 bits per heavy atom. The van der Waals surface area contributed by atoms with Crippen molar-refractivity contribution in [3.63, 3.8) is 0 Å². The summed E-state index contributed by atoms with van der Waals surface area (Å²) in [5, 5.41) is 0. The third kappa shape index (κ3) is 4.95. The summed E-state index contributed by atoms with van der Waals surface area (Å²) in [6.07, 6.45) is 5.75. The van der Waals surface area contributed by atoms with Crippen LogP contribution in [-0.4, -0.2) is 47.4 Å². The van der Waals surface area contributed by atoms with Crippen LogP contribution in [0.5, 0.6) is 0 Å². The first-order chi connectivity index (χ1) is 10.6. The average molecular weight is 323 g/mol. The van der Waals surface area contributed by atoms with E-state index in [-0.39, 0.29) is 11.5 Å². The number of amides is 1. The van der Waals surface area contributed by atoms with E-state index < -0.39 is 0 Å². The van der Waals surface area contributed by atoms with E-state index in [4.69, 9.17) is 0 Å². The van der Waals surface area contributed by atoms with Gasteiger partial charge in [0, 0.05) is 37.6 Å². The van der Waals surface area contributed by atoms with Gasteiger partial charge in [-0.2, -0.15) is 0 Å². The van der Waals surface area contributed by atoms with Crippen molar-refractivity contribution in [1.82, 2.24) is 9.80 Å². The highest BCUT2D eigenvalue weighted by atomic mass is 16.2. The molecule has 0 spiro atoms. The second kappa shape index (κ2) is 7.13. The minimum Gasteiger partial charge on any atom is -0.341 e. The van der Waals surface area contributed by atoms with Crippen LogP contribution in [0, 0.1) is 17.3 Å². The topological polar surface area (TPSA) is 23.6 Å². The van der Waals surface area contributed by atoms with Crippen molar-refractivity contribution in [3.05, 3.63) is 0 Å². The van der Waals surface area contributed by atoms with Crippen LogP contribution in [0.3, 0.4) is 0 Å². The molecule has 0 aromatic heterocycles. The molecule has 2 fully saturated rings. The number of carbonyl (C=O) groups excluding carboxylic acids is 1. The maximum Gasteiger partial charge on any atom is 0.225 e. The monoisotopic (exact) mass is 322 g/mol. The molecule has 23 heavy (non-hydrogen) atoms. The molecule has 0 atom stereocenters. The number of nitrogens with zero attached hydrogens (tertiary/aromatic N) is 2. The van der Waals surface area contributed by atoms with Crippen LogP contribution in [0.2, 0.25) is 0 Å². The Morgan fingerprint density at radius 2 is 1.43 bits per heavy atom. The van der Waals surface area contributed by atoms with Gasteiger partial charge in [0.2, 0.25) is 5.91 Å². The number of rotatable bonds is 1. The Hall–Kier alpha value is -0.570. The first kappa shape index (κ1) is 18.8. The predicted octanol–water partition coefficient (Wildman–Crippen LogP) is 4.17. The van der Waals surface area contributed by atoms with Gasteiger partial charge in [0.05, 0.1) is 0 Å². The van der Waals surface area contributed by atoms with Gasteiger partial charge in [-0.3, -0.25) is 9.69 Å². The second-order valence-electron chi connectivity index (χ2n) is 9.75. The fourth-order valence-corrected chi connectivity index (χ4v) is 4.27. The molecule has 1 aliphatic carbocycles. The van der Waals surface area contributed by atoms with Crippen LogP contribution < -0.4 is 0 Å². The molecule has 0 bridgehead atoms. The summed E-state index contributed by atoms with van der Waals surface area (Å²) in [5.41, 5.74) is 0.605. The Bertz CT molecular complexity index is 397. The maximum atomic E-state index is 12.9. The molecular weight excluding hydrogens is 284 g/mol. The summed E-state index contributed by atoms with van der Waals surface area (Å²) in [4.78, 5) is 17.6. The van der Waals surface area contributed by atoms with Crippen molar-refractivity contribution >= 4 is 5.91 Å². The highest BCUT2D eigenvalue weighted by Gasteiger charge is 2.34. The fourth-order valence-electron chi connectivity index (χ4n) is 4.27. The molecule has 1 heterocycles. The Kier molecular flexibility index (Phi) is 5.81. The summed E-state index contributed by atoms with van der Waals surface area (Å²) in [7, 11) is 0. The molecule has 0 radical (unpaired) electrons. The minimum absolute atomic E-state index is 0.212. The zero-order chi connectivity index (χ0) is 17.3. The molecule has 1 aliphatic heterocycles. The van der Waals surface area contributed by atoms with Gasteiger partial charge in [0.15, 0.2) is 0 Å². The van der Waals surface area contributed by atoms with Crippen LogP contribution in [0.4, 0.5) is 0 Å². The van der Waals surface area contributed by atoms with E-state index in [1.165, 1.54) is 12.8 Å². The van der Waals surface area contributed by atoms with Gasteiger partial charge < -0.3 is 4.90 Å². The van der Waals surface area contributed by atoms with Gasteiger partial charge in [-0.15, -0.1) is 0 Å². The van der Waals surface area contributed by atoms with Gasteiger partial charge in [0.25, 0.3) is 0 Å². The normalized spacial score (nSPS) is 28.5. The molecule has 2 rings (SSSR count). The molecule has 1 amide bonds. The standard InChI is InChI=1S/C20H38N2O/c1-19(2,3)17-10-8-16(9-11-17)18(23)21-12-7-13-22(15-14-21)20(4,5)6/h16-17H,7-15H2,1-6H3. The summed E-state index contributed by atoms with van der Waals surface area (Å²) in [5.74, 6) is 1.51. The average Bonchev–Trinajstić information content (AvgIpc) is 2.71. The molecule has 0 unspecified atom stereocenters. The van der Waals surface area contributed by atoms with E-state index in [0.29, 0.717) is 11.3 Å². The van der Waals surface area contributed by atoms with Crippen molar-refractivity contribution < 1.29 is 4.79 Å². The zero-order valence-corrected chi connectivity index (χ0v) is 16.3. The molecule has 1 saturated carbocycles. The molecular formula is C20H38N2O. The van der Waals surface area contributed by atoms with Crippen molar-refractivity contribution in [2.24, 2.45) is 17.3 Å². The first-order valence-corrected chi connectivity index (χ1v) is 9.63. The van der Waals surface area contributed by atoms with Crippen LogP contribution in [0.15, 0.2) is 0 Å². The van der Waals surface area contributed by atoms with Crippen molar-refractivity contribution in [3.8, 4) is 0 Å². The van der Waals surface area contributed by atoms with Gasteiger partial charge >= 0.3 is 0 Å². The molecule has 1 saturated heterocycles. The van der Waals surface area contributed by atoms with Gasteiger partial charge in [-0.25, -0.2) is 0 Å². The highest BCUT2D eigenvalue weighted by molar-refractivity contribution is 5.79. The molecule has 3 heteroatoms. The summed E-state index contributed by atoms with van der Waals surface area (Å²) >= 11 is 0. The maximum absolute atomic E-state index is 12.9. The Labute approximate surface area is 143 Å². The van der Waals surface area contributed by atoms with Gasteiger partial charge in [0.1, 0.15) is 0 Å². The molecule has 0 aromatic carbocycles. The van der Waals surface area contributed by atoms with E-state index in [9.17, 15) is 4.79 Å². The smallest absolute Gasteiger partial charge is 0.225 e. The summed E-state index contributed by atoms with van der Waals surface area (Å²) in [6, 6.07) is 0. The van der Waals surface area contributed by atoms with Crippen molar-refractivity contribution in [1.29, 1.82) is 0 Å². The lowest BCUT2D eigenvalue weighted by Gasteiger charge is -2.38. The first-order valence-electron chi connectivity index (χ1n) is 9.63. The Balaban J connectivity index is 1.87. The van der Waals surface area contributed by atoms with Crippen LogP contribution in [0.1, 0.15) is 73.6 Å². The molecule has 134 valence electrons. The quantitative estimate of drug-likeness (QED) is 0.723. The lowest BCUT2D eigenvalue weighted by atomic mass is 9.69. The number of hydrogen-bond acceptors (Lipinski definition) is 2.